The molecule has 3 unspecified atom stereocenters. The zero-order valence-electron chi connectivity index (χ0n) is 19.5. The monoisotopic (exact) mass is 504 g/mol. The van der Waals surface area contributed by atoms with E-state index < -0.39 is 54.2 Å². The molecule has 12 heteroatoms. The molecule has 0 spiro atoms. The SMILES string of the molecule is CC(NC(=O)C(NC(=O)OCc1ccccc1)C(C)C)C(=O)NC(CC(=O)O)C(=O)c1nccs1. The summed E-state index contributed by atoms with van der Waals surface area (Å²) in [5.74, 6) is -3.66. The third kappa shape index (κ3) is 8.81. The van der Waals surface area contributed by atoms with Crippen molar-refractivity contribution >= 4 is 41.0 Å². The first-order valence-corrected chi connectivity index (χ1v) is 11.7. The maximum absolute atomic E-state index is 12.8. The fraction of sp³-hybridized carbons (Fsp3) is 0.391. The summed E-state index contributed by atoms with van der Waals surface area (Å²) in [5, 5.41) is 18.1. The van der Waals surface area contributed by atoms with Crippen molar-refractivity contribution in [1.29, 1.82) is 0 Å². The maximum atomic E-state index is 12.8. The summed E-state index contributed by atoms with van der Waals surface area (Å²) in [7, 11) is 0. The van der Waals surface area contributed by atoms with Gasteiger partial charge in [-0.2, -0.15) is 0 Å². The summed E-state index contributed by atoms with van der Waals surface area (Å²) >= 11 is 1.02. The number of hydrogen-bond acceptors (Lipinski definition) is 8. The van der Waals surface area contributed by atoms with E-state index >= 15 is 0 Å². The van der Waals surface area contributed by atoms with Gasteiger partial charge in [0, 0.05) is 11.6 Å². The molecule has 188 valence electrons. The van der Waals surface area contributed by atoms with Gasteiger partial charge in [-0.3, -0.25) is 19.2 Å². The highest BCUT2D eigenvalue weighted by molar-refractivity contribution is 7.11. The number of carboxylic acid groups (broad SMARTS) is 1. The van der Waals surface area contributed by atoms with Crippen LogP contribution in [0.3, 0.4) is 0 Å². The Bertz CT molecular complexity index is 1030. The Kier molecular flexibility index (Phi) is 10.3. The van der Waals surface area contributed by atoms with Crippen molar-refractivity contribution in [3.05, 3.63) is 52.5 Å². The van der Waals surface area contributed by atoms with E-state index in [1.165, 1.54) is 13.1 Å². The lowest BCUT2D eigenvalue weighted by atomic mass is 10.0. The molecule has 1 aromatic heterocycles. The van der Waals surface area contributed by atoms with Gasteiger partial charge in [-0.05, 0) is 18.4 Å². The van der Waals surface area contributed by atoms with Crippen LogP contribution in [0.25, 0.3) is 0 Å². The Labute approximate surface area is 206 Å². The molecule has 1 aromatic carbocycles. The van der Waals surface area contributed by atoms with E-state index in [2.05, 4.69) is 20.9 Å². The van der Waals surface area contributed by atoms with Crippen molar-refractivity contribution in [2.75, 3.05) is 0 Å². The van der Waals surface area contributed by atoms with Crippen LogP contribution in [-0.4, -0.2) is 57.9 Å². The van der Waals surface area contributed by atoms with Crippen molar-refractivity contribution in [3.63, 3.8) is 0 Å². The van der Waals surface area contributed by atoms with E-state index in [1.54, 1.807) is 43.5 Å². The van der Waals surface area contributed by atoms with Crippen molar-refractivity contribution < 1.29 is 33.8 Å². The highest BCUT2D eigenvalue weighted by Gasteiger charge is 2.31. The number of aromatic nitrogens is 1. The van der Waals surface area contributed by atoms with E-state index in [0.717, 1.165) is 16.9 Å². The lowest BCUT2D eigenvalue weighted by molar-refractivity contribution is -0.137. The Morgan fingerprint density at radius 3 is 2.26 bits per heavy atom. The third-order valence-electron chi connectivity index (χ3n) is 4.84. The summed E-state index contributed by atoms with van der Waals surface area (Å²) in [5.41, 5.74) is 0.779. The van der Waals surface area contributed by atoms with Crippen LogP contribution in [0.4, 0.5) is 4.79 Å². The maximum Gasteiger partial charge on any atom is 0.408 e. The number of ether oxygens (including phenoxy) is 1. The Hall–Kier alpha value is -3.80. The molecule has 35 heavy (non-hydrogen) atoms. The number of Topliss-reactive ketones (excluding diaryl/α,β-unsaturated/α-hetero) is 1. The van der Waals surface area contributed by atoms with E-state index in [9.17, 15) is 24.0 Å². The van der Waals surface area contributed by atoms with Crippen LogP contribution in [0.15, 0.2) is 41.9 Å². The van der Waals surface area contributed by atoms with Crippen LogP contribution < -0.4 is 16.0 Å². The molecular weight excluding hydrogens is 476 g/mol. The molecule has 0 radical (unpaired) electrons. The second-order valence-corrected chi connectivity index (χ2v) is 8.91. The normalized spacial score (nSPS) is 13.3. The van der Waals surface area contributed by atoms with Crippen LogP contribution in [0, 0.1) is 5.92 Å². The second-order valence-electron chi connectivity index (χ2n) is 8.02. The first-order valence-electron chi connectivity index (χ1n) is 10.8. The molecular formula is C23H28N4O7S. The topological polar surface area (TPSA) is 164 Å². The number of carbonyl (C=O) groups excluding carboxylic acids is 4. The molecule has 0 fully saturated rings. The van der Waals surface area contributed by atoms with Gasteiger partial charge in [-0.15, -0.1) is 11.3 Å². The molecule has 0 saturated carbocycles. The highest BCUT2D eigenvalue weighted by atomic mass is 32.1. The van der Waals surface area contributed by atoms with Gasteiger partial charge in [-0.25, -0.2) is 9.78 Å². The first kappa shape index (κ1) is 27.4. The standard InChI is InChI=1S/C23H28N4O7S/c1-13(2)18(27-23(33)34-12-15-7-5-4-6-8-15)21(32)25-14(3)20(31)26-16(11-17(28)29)19(30)22-24-9-10-35-22/h4-10,13-14,16,18H,11-12H2,1-3H3,(H,25,32)(H,26,31)(H,27,33)(H,28,29). The number of benzene rings is 1. The molecule has 1 heterocycles. The van der Waals surface area contributed by atoms with Crippen LogP contribution in [0.2, 0.25) is 0 Å². The second kappa shape index (κ2) is 13.2. The molecule has 3 amide bonds. The predicted octanol–water partition coefficient (Wildman–Crippen LogP) is 1.74. The van der Waals surface area contributed by atoms with E-state index in [0.29, 0.717) is 0 Å². The van der Waals surface area contributed by atoms with Crippen molar-refractivity contribution in [2.45, 2.75) is 51.9 Å². The number of aliphatic carboxylic acids is 1. The fourth-order valence-corrected chi connectivity index (χ4v) is 3.60. The van der Waals surface area contributed by atoms with Crippen LogP contribution in [0.5, 0.6) is 0 Å². The lowest BCUT2D eigenvalue weighted by Crippen LogP contribution is -2.56. The van der Waals surface area contributed by atoms with Crippen molar-refractivity contribution in [2.24, 2.45) is 5.92 Å². The molecule has 2 rings (SSSR count). The number of thiazole rings is 1. The fourth-order valence-electron chi connectivity index (χ4n) is 2.97. The van der Waals surface area contributed by atoms with Crippen LogP contribution >= 0.6 is 11.3 Å². The quantitative estimate of drug-likeness (QED) is 0.318. The summed E-state index contributed by atoms with van der Waals surface area (Å²) in [6.45, 7) is 4.82. The zero-order valence-corrected chi connectivity index (χ0v) is 20.3. The molecule has 0 aliphatic rings. The molecule has 2 aromatic rings. The molecule has 0 bridgehead atoms. The average molecular weight is 505 g/mol. The summed E-state index contributed by atoms with van der Waals surface area (Å²) in [6, 6.07) is 5.55. The molecule has 11 nitrogen and oxygen atoms in total. The highest BCUT2D eigenvalue weighted by Crippen LogP contribution is 2.10. The number of nitrogens with zero attached hydrogens (tertiary/aromatic N) is 1. The van der Waals surface area contributed by atoms with Crippen LogP contribution in [-0.2, 0) is 25.7 Å². The predicted molar refractivity (Wildman–Crippen MR) is 127 cm³/mol. The Morgan fingerprint density at radius 1 is 1.00 bits per heavy atom. The number of hydrogen-bond donors (Lipinski definition) is 4. The number of alkyl carbamates (subject to hydrolysis) is 1. The van der Waals surface area contributed by atoms with Gasteiger partial charge < -0.3 is 25.8 Å². The van der Waals surface area contributed by atoms with E-state index in [-0.39, 0.29) is 17.5 Å². The molecule has 0 aliphatic heterocycles. The lowest BCUT2D eigenvalue weighted by Gasteiger charge is -2.24. The number of carboxylic acids is 1. The summed E-state index contributed by atoms with van der Waals surface area (Å²) < 4.78 is 5.16. The number of rotatable bonds is 12. The van der Waals surface area contributed by atoms with E-state index in [4.69, 9.17) is 9.84 Å². The van der Waals surface area contributed by atoms with Gasteiger partial charge in [0.05, 0.1) is 6.42 Å². The molecule has 0 saturated heterocycles. The molecule has 3 atom stereocenters. The smallest absolute Gasteiger partial charge is 0.408 e. The van der Waals surface area contributed by atoms with Gasteiger partial charge in [0.25, 0.3) is 0 Å². The summed E-state index contributed by atoms with van der Waals surface area (Å²) in [6.07, 6.45) is -0.0474. The molecule has 0 aliphatic carbocycles. The van der Waals surface area contributed by atoms with Gasteiger partial charge in [-0.1, -0.05) is 44.2 Å². The van der Waals surface area contributed by atoms with Gasteiger partial charge >= 0.3 is 12.1 Å². The minimum atomic E-state index is -1.35. The number of ketones is 1. The van der Waals surface area contributed by atoms with Gasteiger partial charge in [0.2, 0.25) is 17.6 Å². The number of carbonyl (C=O) groups is 5. The average Bonchev–Trinajstić information content (AvgIpc) is 3.35. The Morgan fingerprint density at radius 2 is 1.69 bits per heavy atom. The summed E-state index contributed by atoms with van der Waals surface area (Å²) in [4.78, 5) is 65.1. The Balaban J connectivity index is 1.95. The minimum Gasteiger partial charge on any atom is -0.481 e. The van der Waals surface area contributed by atoms with E-state index in [1.807, 2.05) is 6.07 Å². The largest absolute Gasteiger partial charge is 0.481 e. The van der Waals surface area contributed by atoms with Gasteiger partial charge in [0.1, 0.15) is 24.7 Å². The third-order valence-corrected chi connectivity index (χ3v) is 5.63. The van der Waals surface area contributed by atoms with Crippen molar-refractivity contribution in [1.82, 2.24) is 20.9 Å². The minimum absolute atomic E-state index is 0.0238. The first-order chi connectivity index (χ1) is 16.6. The zero-order chi connectivity index (χ0) is 26.0. The number of nitrogens with one attached hydrogen (secondary N) is 3. The molecule has 4 N–H and O–H groups in total. The number of amides is 3. The van der Waals surface area contributed by atoms with Crippen LogP contribution in [0.1, 0.15) is 42.6 Å². The van der Waals surface area contributed by atoms with Crippen molar-refractivity contribution in [3.8, 4) is 0 Å². The van der Waals surface area contributed by atoms with Gasteiger partial charge in [0.15, 0.2) is 5.01 Å².